The molecule has 0 saturated heterocycles. The van der Waals surface area contributed by atoms with Crippen LogP contribution in [-0.2, 0) is 0 Å². The van der Waals surface area contributed by atoms with Gasteiger partial charge in [0.05, 0.1) is 5.56 Å². The molecule has 1 aromatic rings. The number of phenols is 1. The summed E-state index contributed by atoms with van der Waals surface area (Å²) in [6, 6.07) is 6.24. The van der Waals surface area contributed by atoms with E-state index in [1.54, 1.807) is 18.2 Å². The third-order valence-corrected chi connectivity index (χ3v) is 2.72. The van der Waals surface area contributed by atoms with Gasteiger partial charge in [0.1, 0.15) is 5.75 Å². The predicted octanol–water partition coefficient (Wildman–Crippen LogP) is 1.25. The third kappa shape index (κ3) is 2.73. The quantitative estimate of drug-likeness (QED) is 0.720. The first-order valence-corrected chi connectivity index (χ1v) is 5.20. The van der Waals surface area contributed by atoms with Crippen LogP contribution in [0, 0.1) is 0 Å². The minimum atomic E-state index is -0.515. The normalized spacial score (nSPS) is 13.2. The molecule has 88 valence electrons. The topological polar surface area (TPSA) is 75.3 Å². The number of hydrogen-bond donors (Lipinski definition) is 3. The molecule has 0 fully saturated rings. The highest BCUT2D eigenvalue weighted by Gasteiger charge is 2.26. The number of aromatic hydroxyl groups is 1. The summed E-state index contributed by atoms with van der Waals surface area (Å²) in [5, 5.41) is 12.3. The molecular weight excluding hydrogens is 204 g/mol. The van der Waals surface area contributed by atoms with Crippen molar-refractivity contribution in [2.24, 2.45) is 5.73 Å². The number of amides is 1. The summed E-state index contributed by atoms with van der Waals surface area (Å²) in [5.41, 5.74) is 5.50. The van der Waals surface area contributed by atoms with Crippen molar-refractivity contribution in [3.05, 3.63) is 29.8 Å². The van der Waals surface area contributed by atoms with E-state index in [-0.39, 0.29) is 23.3 Å². The lowest BCUT2D eigenvalue weighted by Crippen LogP contribution is -2.54. The van der Waals surface area contributed by atoms with E-state index in [1.807, 2.05) is 20.8 Å². The Kier molecular flexibility index (Phi) is 3.55. The second kappa shape index (κ2) is 4.53. The van der Waals surface area contributed by atoms with E-state index < -0.39 is 5.54 Å². The average Bonchev–Trinajstić information content (AvgIpc) is 2.17. The molecule has 0 radical (unpaired) electrons. The van der Waals surface area contributed by atoms with Gasteiger partial charge in [-0.05, 0) is 32.9 Å². The van der Waals surface area contributed by atoms with Crippen molar-refractivity contribution in [3.63, 3.8) is 0 Å². The molecule has 0 aliphatic heterocycles. The van der Waals surface area contributed by atoms with Crippen LogP contribution < -0.4 is 11.1 Å². The molecule has 1 rings (SSSR count). The summed E-state index contributed by atoms with van der Waals surface area (Å²) in [6.07, 6.45) is 0. The number of rotatable bonds is 3. The Morgan fingerprint density at radius 3 is 2.50 bits per heavy atom. The van der Waals surface area contributed by atoms with Gasteiger partial charge in [-0.3, -0.25) is 4.79 Å². The van der Waals surface area contributed by atoms with Gasteiger partial charge in [-0.15, -0.1) is 0 Å². The van der Waals surface area contributed by atoms with Crippen LogP contribution in [0.3, 0.4) is 0 Å². The van der Waals surface area contributed by atoms with Crippen LogP contribution in [0.15, 0.2) is 24.3 Å². The van der Waals surface area contributed by atoms with Crippen LogP contribution in [0.25, 0.3) is 0 Å². The highest BCUT2D eigenvalue weighted by molar-refractivity contribution is 5.97. The largest absolute Gasteiger partial charge is 0.507 e. The monoisotopic (exact) mass is 222 g/mol. The fourth-order valence-corrected chi connectivity index (χ4v) is 1.14. The van der Waals surface area contributed by atoms with Crippen molar-refractivity contribution in [3.8, 4) is 5.75 Å². The number of carbonyl (C=O) groups excluding carboxylic acids is 1. The number of hydrogen-bond acceptors (Lipinski definition) is 3. The molecule has 0 spiro atoms. The van der Waals surface area contributed by atoms with Gasteiger partial charge in [0.25, 0.3) is 5.91 Å². The number of carbonyl (C=O) groups is 1. The molecule has 0 aliphatic carbocycles. The summed E-state index contributed by atoms with van der Waals surface area (Å²) in [6.45, 7) is 5.51. The van der Waals surface area contributed by atoms with Gasteiger partial charge >= 0.3 is 0 Å². The minimum Gasteiger partial charge on any atom is -0.507 e. The first-order chi connectivity index (χ1) is 7.34. The maximum absolute atomic E-state index is 11.9. The molecule has 0 saturated carbocycles. The van der Waals surface area contributed by atoms with E-state index in [4.69, 9.17) is 5.73 Å². The fourth-order valence-electron chi connectivity index (χ4n) is 1.14. The number of nitrogens with one attached hydrogen (secondary N) is 1. The van der Waals surface area contributed by atoms with Gasteiger partial charge in [-0.2, -0.15) is 0 Å². The highest BCUT2D eigenvalue weighted by Crippen LogP contribution is 2.17. The van der Waals surface area contributed by atoms with Crippen molar-refractivity contribution >= 4 is 5.91 Å². The molecule has 0 heterocycles. The Morgan fingerprint density at radius 2 is 2.00 bits per heavy atom. The van der Waals surface area contributed by atoms with Gasteiger partial charge in [0.15, 0.2) is 0 Å². The number of phenolic OH excluding ortho intramolecular Hbond substituents is 1. The van der Waals surface area contributed by atoms with Crippen LogP contribution >= 0.6 is 0 Å². The zero-order valence-electron chi connectivity index (χ0n) is 9.82. The number of nitrogens with two attached hydrogens (primary N) is 1. The van der Waals surface area contributed by atoms with E-state index in [2.05, 4.69) is 5.32 Å². The van der Waals surface area contributed by atoms with Crippen LogP contribution in [0.2, 0.25) is 0 Å². The van der Waals surface area contributed by atoms with Crippen molar-refractivity contribution < 1.29 is 9.90 Å². The molecule has 1 amide bonds. The van der Waals surface area contributed by atoms with Crippen LogP contribution in [0.4, 0.5) is 0 Å². The van der Waals surface area contributed by atoms with Crippen LogP contribution in [0.5, 0.6) is 5.75 Å². The smallest absolute Gasteiger partial charge is 0.255 e. The van der Waals surface area contributed by atoms with Gasteiger partial charge in [-0.1, -0.05) is 12.1 Å². The van der Waals surface area contributed by atoms with E-state index in [1.165, 1.54) is 6.07 Å². The van der Waals surface area contributed by atoms with E-state index >= 15 is 0 Å². The van der Waals surface area contributed by atoms with Gasteiger partial charge in [0, 0.05) is 11.6 Å². The lowest BCUT2D eigenvalue weighted by atomic mass is 9.96. The zero-order chi connectivity index (χ0) is 12.3. The first-order valence-electron chi connectivity index (χ1n) is 5.20. The molecule has 0 aromatic heterocycles. The van der Waals surface area contributed by atoms with Crippen molar-refractivity contribution in [2.75, 3.05) is 0 Å². The second-order valence-corrected chi connectivity index (χ2v) is 4.48. The van der Waals surface area contributed by atoms with E-state index in [0.717, 1.165) is 0 Å². The Bertz CT molecular complexity index is 386. The molecule has 4 N–H and O–H groups in total. The second-order valence-electron chi connectivity index (χ2n) is 4.48. The van der Waals surface area contributed by atoms with E-state index in [0.29, 0.717) is 0 Å². The molecule has 4 heteroatoms. The summed E-state index contributed by atoms with van der Waals surface area (Å²) in [5.74, 6) is -0.346. The third-order valence-electron chi connectivity index (χ3n) is 2.72. The van der Waals surface area contributed by atoms with Crippen molar-refractivity contribution in [1.29, 1.82) is 0 Å². The lowest BCUT2D eigenvalue weighted by molar-refractivity contribution is 0.0900. The SMILES string of the molecule is CC(N)C(C)(C)NC(=O)c1ccccc1O. The van der Waals surface area contributed by atoms with Crippen LogP contribution in [0.1, 0.15) is 31.1 Å². The minimum absolute atomic E-state index is 0.0273. The lowest BCUT2D eigenvalue weighted by Gasteiger charge is -2.30. The Morgan fingerprint density at radius 1 is 1.44 bits per heavy atom. The van der Waals surface area contributed by atoms with Crippen molar-refractivity contribution in [2.45, 2.75) is 32.4 Å². The number of benzene rings is 1. The standard InChI is InChI=1S/C12H18N2O2/c1-8(13)12(2,3)14-11(16)9-6-4-5-7-10(9)15/h4-8,15H,13H2,1-3H3,(H,14,16). The average molecular weight is 222 g/mol. The molecule has 16 heavy (non-hydrogen) atoms. The highest BCUT2D eigenvalue weighted by atomic mass is 16.3. The Hall–Kier alpha value is -1.55. The molecule has 4 nitrogen and oxygen atoms in total. The van der Waals surface area contributed by atoms with Crippen LogP contribution in [-0.4, -0.2) is 22.6 Å². The molecular formula is C12H18N2O2. The van der Waals surface area contributed by atoms with Gasteiger partial charge in [-0.25, -0.2) is 0 Å². The summed E-state index contributed by atoms with van der Waals surface area (Å²) in [4.78, 5) is 11.9. The number of para-hydroxylation sites is 1. The molecule has 0 aliphatic rings. The zero-order valence-corrected chi connectivity index (χ0v) is 9.82. The summed E-state index contributed by atoms with van der Waals surface area (Å²) in [7, 11) is 0. The maximum Gasteiger partial charge on any atom is 0.255 e. The Balaban J connectivity index is 2.85. The fraction of sp³-hybridized carbons (Fsp3) is 0.417. The maximum atomic E-state index is 11.9. The Labute approximate surface area is 95.5 Å². The molecule has 1 aromatic carbocycles. The summed E-state index contributed by atoms with van der Waals surface area (Å²) >= 11 is 0. The van der Waals surface area contributed by atoms with E-state index in [9.17, 15) is 9.90 Å². The van der Waals surface area contributed by atoms with Gasteiger partial charge in [0.2, 0.25) is 0 Å². The molecule has 1 unspecified atom stereocenters. The first kappa shape index (κ1) is 12.5. The predicted molar refractivity (Wildman–Crippen MR) is 63.3 cm³/mol. The molecule has 0 bridgehead atoms. The van der Waals surface area contributed by atoms with Crippen molar-refractivity contribution in [1.82, 2.24) is 5.32 Å². The molecule has 1 atom stereocenters. The summed E-state index contributed by atoms with van der Waals surface area (Å²) < 4.78 is 0. The van der Waals surface area contributed by atoms with Gasteiger partial charge < -0.3 is 16.2 Å².